The molecule has 6 rings (SSSR count). The molecule has 5 aromatic rings. The Morgan fingerprint density at radius 2 is 1.38 bits per heavy atom. The van der Waals surface area contributed by atoms with Gasteiger partial charge in [-0.2, -0.15) is 0 Å². The van der Waals surface area contributed by atoms with Crippen molar-refractivity contribution in [2.75, 3.05) is 0 Å². The van der Waals surface area contributed by atoms with E-state index in [4.69, 9.17) is 9.15 Å². The summed E-state index contributed by atoms with van der Waals surface area (Å²) in [6.07, 6.45) is -2.92. The number of aromatic hydroxyl groups is 8. The summed E-state index contributed by atoms with van der Waals surface area (Å²) in [6, 6.07) is 12.0. The zero-order valence-electron chi connectivity index (χ0n) is 21.3. The lowest BCUT2D eigenvalue weighted by Crippen LogP contribution is -2.35. The number of hydrogen-bond donors (Lipinski definition) is 9. The average Bonchev–Trinajstić information content (AvgIpc) is 2.95. The molecule has 3 atom stereocenters. The molecule has 1 aliphatic rings. The van der Waals surface area contributed by atoms with Gasteiger partial charge in [-0.25, -0.2) is 0 Å². The molecule has 0 saturated heterocycles. The van der Waals surface area contributed by atoms with Crippen LogP contribution in [0.2, 0.25) is 0 Å². The van der Waals surface area contributed by atoms with Crippen molar-refractivity contribution in [3.63, 3.8) is 0 Å². The molecule has 9 N–H and O–H groups in total. The van der Waals surface area contributed by atoms with Gasteiger partial charge in [-0.15, -0.1) is 0 Å². The van der Waals surface area contributed by atoms with Crippen molar-refractivity contribution in [2.45, 2.75) is 18.1 Å². The molecule has 4 aromatic carbocycles. The van der Waals surface area contributed by atoms with E-state index in [0.717, 1.165) is 18.2 Å². The van der Waals surface area contributed by atoms with E-state index in [1.165, 1.54) is 42.5 Å². The van der Waals surface area contributed by atoms with Gasteiger partial charge in [-0.3, -0.25) is 4.79 Å². The Morgan fingerprint density at radius 1 is 0.667 bits per heavy atom. The van der Waals surface area contributed by atoms with E-state index < -0.39 is 63.8 Å². The Hall–Kier alpha value is -5.75. The van der Waals surface area contributed by atoms with Gasteiger partial charge in [-0.1, -0.05) is 12.1 Å². The Labute approximate surface area is 235 Å². The van der Waals surface area contributed by atoms with Crippen LogP contribution in [0.3, 0.4) is 0 Å². The maximum Gasteiger partial charge on any atom is 0.235 e. The van der Waals surface area contributed by atoms with Crippen molar-refractivity contribution >= 4 is 11.0 Å². The summed E-state index contributed by atoms with van der Waals surface area (Å²) in [5.41, 5.74) is -1.31. The van der Waals surface area contributed by atoms with Crippen LogP contribution in [0.25, 0.3) is 22.3 Å². The van der Waals surface area contributed by atoms with E-state index >= 15 is 0 Å². The van der Waals surface area contributed by atoms with Crippen molar-refractivity contribution in [1.82, 2.24) is 0 Å². The topological polar surface area (TPSA) is 222 Å². The number of rotatable bonds is 3. The third kappa shape index (κ3) is 4.00. The van der Waals surface area contributed by atoms with Gasteiger partial charge >= 0.3 is 0 Å². The molecule has 0 fully saturated rings. The number of aliphatic hydroxyl groups is 1. The van der Waals surface area contributed by atoms with Crippen LogP contribution in [0.5, 0.6) is 51.7 Å². The molecule has 1 aliphatic heterocycles. The summed E-state index contributed by atoms with van der Waals surface area (Å²) in [5.74, 6) is -6.99. The third-order valence-electron chi connectivity index (χ3n) is 7.27. The quantitative estimate of drug-likeness (QED) is 0.141. The van der Waals surface area contributed by atoms with Crippen LogP contribution in [0.4, 0.5) is 0 Å². The van der Waals surface area contributed by atoms with Gasteiger partial charge in [0.05, 0.1) is 5.39 Å². The highest BCUT2D eigenvalue weighted by Crippen LogP contribution is 2.55. The molecule has 0 spiro atoms. The zero-order valence-corrected chi connectivity index (χ0v) is 21.3. The van der Waals surface area contributed by atoms with Crippen LogP contribution in [0, 0.1) is 0 Å². The molecule has 0 bridgehead atoms. The second kappa shape index (κ2) is 9.42. The van der Waals surface area contributed by atoms with Gasteiger partial charge in [0.1, 0.15) is 28.9 Å². The van der Waals surface area contributed by atoms with Crippen LogP contribution in [0.1, 0.15) is 28.7 Å². The van der Waals surface area contributed by atoms with Crippen molar-refractivity contribution in [3.05, 3.63) is 87.6 Å². The average molecular weight is 574 g/mol. The minimum Gasteiger partial charge on any atom is -0.508 e. The Balaban J connectivity index is 1.66. The number of fused-ring (bicyclic) bond motifs is 2. The second-order valence-electron chi connectivity index (χ2n) is 9.82. The first-order valence-corrected chi connectivity index (χ1v) is 12.4. The largest absolute Gasteiger partial charge is 0.508 e. The van der Waals surface area contributed by atoms with Gasteiger partial charge < -0.3 is 55.1 Å². The number of hydrogen-bond acceptors (Lipinski definition) is 12. The predicted molar refractivity (Wildman–Crippen MR) is 145 cm³/mol. The molecule has 0 unspecified atom stereocenters. The number of phenols is 7. The van der Waals surface area contributed by atoms with Crippen molar-refractivity contribution < 1.29 is 55.1 Å². The van der Waals surface area contributed by atoms with Gasteiger partial charge in [0, 0.05) is 34.7 Å². The first kappa shape index (κ1) is 26.5. The summed E-state index contributed by atoms with van der Waals surface area (Å²) < 4.78 is 11.7. The molecule has 214 valence electrons. The van der Waals surface area contributed by atoms with Crippen LogP contribution in [-0.2, 0) is 0 Å². The van der Waals surface area contributed by atoms with E-state index in [1.54, 1.807) is 0 Å². The highest BCUT2D eigenvalue weighted by Gasteiger charge is 2.43. The summed E-state index contributed by atoms with van der Waals surface area (Å²) in [6.45, 7) is 0. The maximum atomic E-state index is 13.0. The van der Waals surface area contributed by atoms with Crippen molar-refractivity contribution in [1.29, 1.82) is 0 Å². The van der Waals surface area contributed by atoms with Crippen molar-refractivity contribution in [2.24, 2.45) is 0 Å². The minimum atomic E-state index is -1.63. The molecular formula is C30H22O12. The van der Waals surface area contributed by atoms with Crippen LogP contribution in [0.15, 0.2) is 69.9 Å². The zero-order chi connectivity index (χ0) is 30.0. The number of phenolic OH excluding ortho intramolecular Hbond substituents is 7. The lowest BCUT2D eigenvalue weighted by atomic mass is 9.77. The van der Waals surface area contributed by atoms with Crippen molar-refractivity contribution in [3.8, 4) is 63.1 Å². The fourth-order valence-corrected chi connectivity index (χ4v) is 5.27. The maximum absolute atomic E-state index is 13.0. The summed E-state index contributed by atoms with van der Waals surface area (Å²) in [5, 5.41) is 94.7. The third-order valence-corrected chi connectivity index (χ3v) is 7.27. The molecule has 12 heteroatoms. The predicted octanol–water partition coefficient (Wildman–Crippen LogP) is 3.73. The highest BCUT2D eigenvalue weighted by molar-refractivity contribution is 5.85. The standard InChI is InChI=1S/C30H22O12/c31-12-2-4-14-20(8-12)41-29(11-1-6-17(33)18(34)7-11)27(39)22(14)23-16(10-19(35)25(37)26(23)38)30-28(40)24(36)15-5-3-13(32)9-21(15)42-30/h1-10,22,27,29,31-35,37-40H/t22-,27-,29+/m0/s1. The molecule has 12 nitrogen and oxygen atoms in total. The minimum absolute atomic E-state index is 0.0230. The van der Waals surface area contributed by atoms with Crippen LogP contribution in [-0.4, -0.2) is 52.1 Å². The van der Waals surface area contributed by atoms with Gasteiger partial charge in [0.2, 0.25) is 16.9 Å². The van der Waals surface area contributed by atoms with E-state index in [9.17, 15) is 50.8 Å². The Morgan fingerprint density at radius 3 is 2.12 bits per heavy atom. The van der Waals surface area contributed by atoms with E-state index in [-0.39, 0.29) is 50.5 Å². The summed E-state index contributed by atoms with van der Waals surface area (Å²) in [4.78, 5) is 13.0. The van der Waals surface area contributed by atoms with Gasteiger partial charge in [0.25, 0.3) is 0 Å². The molecule has 42 heavy (non-hydrogen) atoms. The number of aliphatic hydroxyl groups excluding tert-OH is 1. The molecule has 0 aliphatic carbocycles. The SMILES string of the molecule is O=c1c(O)c(-c2cc(O)c(O)c(O)c2[C@@H]2c3ccc(O)cc3O[C@H](c3ccc(O)c(O)c3)[C@H]2O)oc2cc(O)ccc12. The Kier molecular flexibility index (Phi) is 5.94. The molecular weight excluding hydrogens is 552 g/mol. The normalized spacial score (nSPS) is 18.0. The number of benzene rings is 4. The monoisotopic (exact) mass is 574 g/mol. The molecule has 0 radical (unpaired) electrons. The number of ether oxygens (including phenoxy) is 1. The summed E-state index contributed by atoms with van der Waals surface area (Å²) in [7, 11) is 0. The van der Waals surface area contributed by atoms with Gasteiger partial charge in [0.15, 0.2) is 34.9 Å². The van der Waals surface area contributed by atoms with Crippen LogP contribution >= 0.6 is 0 Å². The first-order valence-electron chi connectivity index (χ1n) is 12.4. The van der Waals surface area contributed by atoms with Gasteiger partial charge in [-0.05, 0) is 42.0 Å². The molecule has 1 aromatic heterocycles. The van der Waals surface area contributed by atoms with E-state index in [1.807, 2.05) is 0 Å². The summed E-state index contributed by atoms with van der Waals surface area (Å²) >= 11 is 0. The molecule has 2 heterocycles. The lowest BCUT2D eigenvalue weighted by Gasteiger charge is -2.38. The van der Waals surface area contributed by atoms with Crippen LogP contribution < -0.4 is 10.2 Å². The second-order valence-corrected chi connectivity index (χ2v) is 9.82. The first-order chi connectivity index (χ1) is 20.0. The fourth-order valence-electron chi connectivity index (χ4n) is 5.27. The molecule has 0 amide bonds. The fraction of sp³-hybridized carbons (Fsp3) is 0.100. The smallest absolute Gasteiger partial charge is 0.235 e. The highest BCUT2D eigenvalue weighted by atomic mass is 16.5. The molecule has 0 saturated carbocycles. The van der Waals surface area contributed by atoms with E-state index in [0.29, 0.717) is 0 Å². The lowest BCUT2D eigenvalue weighted by molar-refractivity contribution is 0.00781. The Bertz CT molecular complexity index is 1960. The van der Waals surface area contributed by atoms with E-state index in [2.05, 4.69) is 0 Å².